The Balaban J connectivity index is 1.31. The molecular formula is C26H33N3O3S. The molecule has 6 nitrogen and oxygen atoms in total. The van der Waals surface area contributed by atoms with Gasteiger partial charge in [-0.15, -0.1) is 11.3 Å². The SMILES string of the molecule is Cc1cc2ccccc2n1-c1ccc(C(=O)N2CCC(C(=O)NCCCOC(C)C)CC2)s1. The Hall–Kier alpha value is -2.64. The molecule has 1 saturated heterocycles. The van der Waals surface area contributed by atoms with Gasteiger partial charge in [-0.1, -0.05) is 18.2 Å². The normalized spacial score (nSPS) is 14.8. The molecule has 0 unspecified atom stereocenters. The van der Waals surface area contributed by atoms with Crippen LogP contribution in [-0.2, 0) is 9.53 Å². The van der Waals surface area contributed by atoms with Crippen molar-refractivity contribution in [2.45, 2.75) is 46.1 Å². The number of piperidine rings is 1. The van der Waals surface area contributed by atoms with E-state index in [1.807, 2.05) is 43.0 Å². The van der Waals surface area contributed by atoms with Crippen LogP contribution in [-0.4, -0.2) is 53.6 Å². The number of amides is 2. The van der Waals surface area contributed by atoms with Gasteiger partial charge in [0, 0.05) is 43.2 Å². The molecule has 1 N–H and O–H groups in total. The minimum atomic E-state index is -0.0205. The summed E-state index contributed by atoms with van der Waals surface area (Å²) in [6.45, 7) is 8.64. The van der Waals surface area contributed by atoms with Crippen molar-refractivity contribution in [3.8, 4) is 5.00 Å². The summed E-state index contributed by atoms with van der Waals surface area (Å²) in [4.78, 5) is 28.2. The van der Waals surface area contributed by atoms with Gasteiger partial charge in [-0.3, -0.25) is 9.59 Å². The predicted molar refractivity (Wildman–Crippen MR) is 133 cm³/mol. The Labute approximate surface area is 199 Å². The number of likely N-dealkylation sites (tertiary alicyclic amines) is 1. The molecule has 0 radical (unpaired) electrons. The Bertz CT molecular complexity index is 1110. The number of carbonyl (C=O) groups is 2. The predicted octanol–water partition coefficient (Wildman–Crippen LogP) is 4.78. The Morgan fingerprint density at radius 1 is 1.15 bits per heavy atom. The molecule has 7 heteroatoms. The van der Waals surface area contributed by atoms with Crippen molar-refractivity contribution in [3.63, 3.8) is 0 Å². The van der Waals surface area contributed by atoms with Crippen LogP contribution in [0.3, 0.4) is 0 Å². The highest BCUT2D eigenvalue weighted by atomic mass is 32.1. The lowest BCUT2D eigenvalue weighted by Crippen LogP contribution is -2.43. The maximum absolute atomic E-state index is 13.1. The molecule has 176 valence electrons. The molecular weight excluding hydrogens is 434 g/mol. The molecule has 0 bridgehead atoms. The molecule has 0 saturated carbocycles. The average molecular weight is 468 g/mol. The van der Waals surface area contributed by atoms with Crippen molar-refractivity contribution in [1.82, 2.24) is 14.8 Å². The zero-order valence-electron chi connectivity index (χ0n) is 19.7. The van der Waals surface area contributed by atoms with Crippen LogP contribution in [0.1, 0.15) is 48.5 Å². The summed E-state index contributed by atoms with van der Waals surface area (Å²) in [5.41, 5.74) is 2.30. The van der Waals surface area contributed by atoms with Crippen LogP contribution < -0.4 is 5.32 Å². The van der Waals surface area contributed by atoms with Crippen molar-refractivity contribution < 1.29 is 14.3 Å². The summed E-state index contributed by atoms with van der Waals surface area (Å²) in [7, 11) is 0. The largest absolute Gasteiger partial charge is 0.379 e. The van der Waals surface area contributed by atoms with E-state index in [-0.39, 0.29) is 23.8 Å². The van der Waals surface area contributed by atoms with Crippen LogP contribution in [0.25, 0.3) is 15.9 Å². The second-order valence-corrected chi connectivity index (χ2v) is 10.0. The average Bonchev–Trinajstić information content (AvgIpc) is 3.41. The molecule has 4 rings (SSSR count). The zero-order chi connectivity index (χ0) is 23.4. The number of nitrogens with zero attached hydrogens (tertiary/aromatic N) is 2. The number of hydrogen-bond donors (Lipinski definition) is 1. The molecule has 2 amide bonds. The highest BCUT2D eigenvalue weighted by Crippen LogP contribution is 2.30. The Kier molecular flexibility index (Phi) is 7.50. The lowest BCUT2D eigenvalue weighted by molar-refractivity contribution is -0.126. The molecule has 3 heterocycles. The van der Waals surface area contributed by atoms with Gasteiger partial charge in [0.25, 0.3) is 5.91 Å². The number of thiophene rings is 1. The van der Waals surface area contributed by atoms with Crippen molar-refractivity contribution >= 4 is 34.1 Å². The summed E-state index contributed by atoms with van der Waals surface area (Å²) in [5, 5.41) is 5.26. The van der Waals surface area contributed by atoms with Gasteiger partial charge < -0.3 is 19.5 Å². The van der Waals surface area contributed by atoms with Crippen molar-refractivity contribution in [3.05, 3.63) is 53.0 Å². The van der Waals surface area contributed by atoms with Crippen LogP contribution in [0, 0.1) is 12.8 Å². The fourth-order valence-electron chi connectivity index (χ4n) is 4.40. The molecule has 2 aromatic heterocycles. The van der Waals surface area contributed by atoms with E-state index in [4.69, 9.17) is 4.74 Å². The summed E-state index contributed by atoms with van der Waals surface area (Å²) in [6, 6.07) is 14.4. The van der Waals surface area contributed by atoms with Crippen LogP contribution in [0.4, 0.5) is 0 Å². The second kappa shape index (κ2) is 10.5. The number of para-hydroxylation sites is 1. The molecule has 0 spiro atoms. The van der Waals surface area contributed by atoms with Gasteiger partial charge in [-0.05, 0) is 64.3 Å². The topological polar surface area (TPSA) is 63.6 Å². The van der Waals surface area contributed by atoms with Crippen molar-refractivity contribution in [2.24, 2.45) is 5.92 Å². The van der Waals surface area contributed by atoms with Crippen molar-refractivity contribution in [1.29, 1.82) is 0 Å². The highest BCUT2D eigenvalue weighted by Gasteiger charge is 2.28. The third-order valence-corrected chi connectivity index (χ3v) is 7.20. The smallest absolute Gasteiger partial charge is 0.263 e. The van der Waals surface area contributed by atoms with Gasteiger partial charge in [0.05, 0.1) is 16.5 Å². The van der Waals surface area contributed by atoms with Crippen LogP contribution >= 0.6 is 11.3 Å². The number of hydrogen-bond acceptors (Lipinski definition) is 4. The summed E-state index contributed by atoms with van der Waals surface area (Å²) in [5.74, 6) is 0.137. The summed E-state index contributed by atoms with van der Waals surface area (Å²) < 4.78 is 7.72. The van der Waals surface area contributed by atoms with Crippen LogP contribution in [0.15, 0.2) is 42.5 Å². The van der Waals surface area contributed by atoms with E-state index in [1.165, 1.54) is 16.7 Å². The number of fused-ring (bicyclic) bond motifs is 1. The van der Waals surface area contributed by atoms with Crippen LogP contribution in [0.5, 0.6) is 0 Å². The molecule has 1 aliphatic rings. The number of aryl methyl sites for hydroxylation is 1. The van der Waals surface area contributed by atoms with Gasteiger partial charge >= 0.3 is 0 Å². The minimum Gasteiger partial charge on any atom is -0.379 e. The lowest BCUT2D eigenvalue weighted by atomic mass is 9.95. The molecule has 1 aliphatic heterocycles. The van der Waals surface area contributed by atoms with E-state index < -0.39 is 0 Å². The first-order valence-electron chi connectivity index (χ1n) is 11.8. The number of benzene rings is 1. The van der Waals surface area contributed by atoms with Gasteiger partial charge in [0.15, 0.2) is 0 Å². The fraction of sp³-hybridized carbons (Fsp3) is 0.462. The molecule has 33 heavy (non-hydrogen) atoms. The number of nitrogens with one attached hydrogen (secondary N) is 1. The monoisotopic (exact) mass is 467 g/mol. The van der Waals surface area contributed by atoms with E-state index in [9.17, 15) is 9.59 Å². The van der Waals surface area contributed by atoms with Gasteiger partial charge in [0.1, 0.15) is 5.00 Å². The van der Waals surface area contributed by atoms with Gasteiger partial charge in [-0.25, -0.2) is 0 Å². The number of ether oxygens (including phenoxy) is 1. The number of aromatic nitrogens is 1. The van der Waals surface area contributed by atoms with Crippen molar-refractivity contribution in [2.75, 3.05) is 26.2 Å². The van der Waals surface area contributed by atoms with E-state index in [0.29, 0.717) is 39.1 Å². The van der Waals surface area contributed by atoms with E-state index >= 15 is 0 Å². The number of carbonyl (C=O) groups excluding carboxylic acids is 2. The van der Waals surface area contributed by atoms with E-state index in [0.717, 1.165) is 27.5 Å². The van der Waals surface area contributed by atoms with Gasteiger partial charge in [0.2, 0.25) is 5.91 Å². The first kappa shape index (κ1) is 23.5. The second-order valence-electron chi connectivity index (χ2n) is 8.95. The molecule has 0 atom stereocenters. The molecule has 1 aromatic carbocycles. The molecule has 0 aliphatic carbocycles. The maximum atomic E-state index is 13.1. The minimum absolute atomic E-state index is 0.0205. The summed E-state index contributed by atoms with van der Waals surface area (Å²) >= 11 is 1.53. The standard InChI is InChI=1S/C26H33N3O3S/c1-18(2)32-16-6-13-27-25(30)20-11-14-28(15-12-20)26(31)23-9-10-24(33-23)29-19(3)17-21-7-4-5-8-22(21)29/h4-5,7-10,17-18,20H,6,11-16H2,1-3H3,(H,27,30). The highest BCUT2D eigenvalue weighted by molar-refractivity contribution is 7.16. The van der Waals surface area contributed by atoms with Crippen LogP contribution in [0.2, 0.25) is 0 Å². The van der Waals surface area contributed by atoms with E-state index in [1.54, 1.807) is 0 Å². The Morgan fingerprint density at radius 3 is 2.67 bits per heavy atom. The first-order chi connectivity index (χ1) is 15.9. The lowest BCUT2D eigenvalue weighted by Gasteiger charge is -2.31. The maximum Gasteiger partial charge on any atom is 0.263 e. The quantitative estimate of drug-likeness (QED) is 0.485. The summed E-state index contributed by atoms with van der Waals surface area (Å²) in [6.07, 6.45) is 2.45. The third kappa shape index (κ3) is 5.47. The van der Waals surface area contributed by atoms with Gasteiger partial charge in [-0.2, -0.15) is 0 Å². The molecule has 1 fully saturated rings. The zero-order valence-corrected chi connectivity index (χ0v) is 20.5. The first-order valence-corrected chi connectivity index (χ1v) is 12.6. The third-order valence-electron chi connectivity index (χ3n) is 6.14. The number of rotatable bonds is 8. The van der Waals surface area contributed by atoms with E-state index in [2.05, 4.69) is 35.0 Å². The fourth-order valence-corrected chi connectivity index (χ4v) is 5.44. The Morgan fingerprint density at radius 2 is 1.91 bits per heavy atom. The molecule has 3 aromatic rings.